The van der Waals surface area contributed by atoms with Gasteiger partial charge in [0.2, 0.25) is 0 Å². The van der Waals surface area contributed by atoms with Crippen LogP contribution in [0.1, 0.15) is 106 Å². The molecule has 0 aliphatic heterocycles. The third-order valence-corrected chi connectivity index (χ3v) is 11.7. The average Bonchev–Trinajstić information content (AvgIpc) is 3.05. The summed E-state index contributed by atoms with van der Waals surface area (Å²) in [6.07, 6.45) is 7.72. The van der Waals surface area contributed by atoms with Crippen molar-refractivity contribution in [1.82, 2.24) is 0 Å². The van der Waals surface area contributed by atoms with Crippen LogP contribution in [0.15, 0.2) is 11.6 Å². The molecule has 35 heavy (non-hydrogen) atoms. The van der Waals surface area contributed by atoms with Crippen molar-refractivity contribution in [2.45, 2.75) is 124 Å². The van der Waals surface area contributed by atoms with Gasteiger partial charge in [-0.15, -0.1) is 0 Å². The summed E-state index contributed by atoms with van der Waals surface area (Å²) in [5.41, 5.74) is -1.46. The Bertz CT molecular complexity index is 874. The Morgan fingerprint density at radius 2 is 1.77 bits per heavy atom. The predicted molar refractivity (Wildman–Crippen MR) is 138 cm³/mol. The molecule has 5 nitrogen and oxygen atoms in total. The van der Waals surface area contributed by atoms with Gasteiger partial charge in [0.05, 0.1) is 23.2 Å². The molecule has 0 radical (unpaired) electrons. The van der Waals surface area contributed by atoms with E-state index in [0.717, 1.165) is 32.1 Å². The van der Waals surface area contributed by atoms with Crippen molar-refractivity contribution in [3.8, 4) is 0 Å². The molecule has 0 aromatic rings. The van der Waals surface area contributed by atoms with Crippen LogP contribution in [0.25, 0.3) is 0 Å². The van der Waals surface area contributed by atoms with Crippen LogP contribution >= 0.6 is 0 Å². The van der Waals surface area contributed by atoms with E-state index >= 15 is 0 Å². The Hall–Kier alpha value is -0.910. The number of aliphatic carboxylic acids is 1. The molecular formula is C30H50O5. The molecule has 0 aromatic heterocycles. The Morgan fingerprint density at radius 1 is 1.11 bits per heavy atom. The minimum absolute atomic E-state index is 0.0205. The lowest BCUT2D eigenvalue weighted by atomic mass is 9.40. The first kappa shape index (κ1) is 27.1. The highest BCUT2D eigenvalue weighted by Gasteiger charge is 2.71. The number of fused-ring (bicyclic) bond motifs is 5. The van der Waals surface area contributed by atoms with Gasteiger partial charge in [-0.05, 0) is 92.3 Å². The lowest BCUT2D eigenvalue weighted by molar-refractivity contribution is -0.181. The van der Waals surface area contributed by atoms with Crippen molar-refractivity contribution in [3.63, 3.8) is 0 Å². The zero-order chi connectivity index (χ0) is 26.2. The fourth-order valence-corrected chi connectivity index (χ4v) is 10.0. The van der Waals surface area contributed by atoms with Crippen LogP contribution in [0.4, 0.5) is 0 Å². The maximum absolute atomic E-state index is 13.2. The monoisotopic (exact) mass is 490 g/mol. The number of aliphatic hydroxyl groups excluding tert-OH is 2. The maximum atomic E-state index is 13.2. The molecular weight excluding hydrogens is 440 g/mol. The summed E-state index contributed by atoms with van der Waals surface area (Å²) < 4.78 is 0. The maximum Gasteiger partial charge on any atom is 0.310 e. The van der Waals surface area contributed by atoms with Crippen LogP contribution < -0.4 is 0 Å². The number of hydrogen-bond acceptors (Lipinski definition) is 4. The van der Waals surface area contributed by atoms with E-state index in [1.165, 1.54) is 5.57 Å². The first-order valence-corrected chi connectivity index (χ1v) is 14.1. The summed E-state index contributed by atoms with van der Waals surface area (Å²) in [6, 6.07) is 0. The number of allylic oxidation sites excluding steroid dienone is 2. The molecule has 0 heterocycles. The summed E-state index contributed by atoms with van der Waals surface area (Å²) in [4.78, 5) is 13.2. The van der Waals surface area contributed by atoms with Gasteiger partial charge in [-0.2, -0.15) is 0 Å². The van der Waals surface area contributed by atoms with Gasteiger partial charge in [-0.25, -0.2) is 0 Å². The number of carboxylic acids is 1. The van der Waals surface area contributed by atoms with Crippen molar-refractivity contribution in [1.29, 1.82) is 0 Å². The summed E-state index contributed by atoms with van der Waals surface area (Å²) in [5, 5.41) is 44.1. The van der Waals surface area contributed by atoms with E-state index in [1.54, 1.807) is 6.92 Å². The second kappa shape index (κ2) is 8.56. The number of hydrogen-bond donors (Lipinski definition) is 4. The van der Waals surface area contributed by atoms with Crippen molar-refractivity contribution < 1.29 is 25.2 Å². The van der Waals surface area contributed by atoms with E-state index in [0.29, 0.717) is 31.1 Å². The molecule has 4 N–H and O–H groups in total. The normalized spacial score (nSPS) is 45.1. The molecule has 9 atom stereocenters. The third kappa shape index (κ3) is 3.77. The van der Waals surface area contributed by atoms with Gasteiger partial charge in [0, 0.05) is 12.3 Å². The minimum Gasteiger partial charge on any atom is -0.481 e. The molecule has 0 aromatic carbocycles. The molecule has 0 amide bonds. The van der Waals surface area contributed by atoms with Gasteiger partial charge >= 0.3 is 5.97 Å². The predicted octanol–water partition coefficient (Wildman–Crippen LogP) is 5.57. The highest BCUT2D eigenvalue weighted by molar-refractivity contribution is 5.78. The number of carbonyl (C=O) groups is 1. The van der Waals surface area contributed by atoms with Crippen LogP contribution in [0, 0.1) is 45.3 Å². The fraction of sp³-hybridized carbons (Fsp3) is 0.900. The van der Waals surface area contributed by atoms with E-state index in [4.69, 9.17) is 0 Å². The van der Waals surface area contributed by atoms with Crippen LogP contribution in [0.3, 0.4) is 0 Å². The van der Waals surface area contributed by atoms with Crippen molar-refractivity contribution in [3.05, 3.63) is 11.6 Å². The van der Waals surface area contributed by atoms with E-state index in [-0.39, 0.29) is 29.3 Å². The molecule has 2 unspecified atom stereocenters. The van der Waals surface area contributed by atoms with Crippen LogP contribution in [0.2, 0.25) is 0 Å². The Kier molecular flexibility index (Phi) is 6.64. The second-order valence-electron chi connectivity index (χ2n) is 14.5. The smallest absolute Gasteiger partial charge is 0.310 e. The molecule has 5 heteroatoms. The molecule has 4 aliphatic carbocycles. The first-order chi connectivity index (χ1) is 16.0. The van der Waals surface area contributed by atoms with Gasteiger partial charge in [0.1, 0.15) is 0 Å². The zero-order valence-electron chi connectivity index (χ0n) is 23.1. The van der Waals surface area contributed by atoms with Crippen LogP contribution in [-0.2, 0) is 4.79 Å². The summed E-state index contributed by atoms with van der Waals surface area (Å²) in [7, 11) is 0. The Morgan fingerprint density at radius 3 is 2.37 bits per heavy atom. The second-order valence-corrected chi connectivity index (χ2v) is 14.5. The number of aliphatic hydroxyl groups is 3. The van der Waals surface area contributed by atoms with E-state index < -0.39 is 34.4 Å². The minimum atomic E-state index is -1.24. The molecule has 4 rings (SSSR count). The SMILES string of the molecule is CC(C)CC(O)CC(C)(O)[C@H]1CC[C@@]2(C)[C@@H]3CC[C@H]4C(C)(C)[C@@H](O)CC[C@]4(C)C3=CC[C@]12C(=O)O. The molecule has 0 saturated heterocycles. The standard InChI is InChI=1S/C30H50O5/c1-18(2)16-19(31)17-29(7,35)23-11-14-28(6)21-8-9-22-26(3,4)24(32)12-13-27(22,5)20(21)10-15-30(23,28)25(33)34/h10,18-19,21-24,31-32,35H,8-9,11-17H2,1-7H3,(H,33,34)/t19?,21-,22+,23-,24+,27-,28+,29?,30-/m1/s1. The molecule has 4 aliphatic rings. The lowest BCUT2D eigenvalue weighted by Gasteiger charge is -2.64. The lowest BCUT2D eigenvalue weighted by Crippen LogP contribution is -2.61. The molecule has 0 spiro atoms. The van der Waals surface area contributed by atoms with E-state index in [2.05, 4.69) is 47.6 Å². The van der Waals surface area contributed by atoms with Gasteiger partial charge in [0.15, 0.2) is 0 Å². The average molecular weight is 491 g/mol. The summed E-state index contributed by atoms with van der Waals surface area (Å²) in [6.45, 7) is 14.8. The summed E-state index contributed by atoms with van der Waals surface area (Å²) in [5.74, 6) is -0.303. The van der Waals surface area contributed by atoms with Crippen LogP contribution in [0.5, 0.6) is 0 Å². The quantitative estimate of drug-likeness (QED) is 0.365. The zero-order valence-corrected chi connectivity index (χ0v) is 23.1. The van der Waals surface area contributed by atoms with Crippen LogP contribution in [-0.4, -0.2) is 44.2 Å². The van der Waals surface area contributed by atoms with E-state index in [9.17, 15) is 25.2 Å². The number of carboxylic acid groups (broad SMARTS) is 1. The highest BCUT2D eigenvalue weighted by Crippen LogP contribution is 2.73. The van der Waals surface area contributed by atoms with Crippen molar-refractivity contribution in [2.24, 2.45) is 45.3 Å². The van der Waals surface area contributed by atoms with Gasteiger partial charge in [-0.3, -0.25) is 4.79 Å². The van der Waals surface area contributed by atoms with Crippen molar-refractivity contribution >= 4 is 5.97 Å². The third-order valence-electron chi connectivity index (χ3n) is 11.7. The molecule has 3 saturated carbocycles. The van der Waals surface area contributed by atoms with Crippen molar-refractivity contribution in [2.75, 3.05) is 0 Å². The number of rotatable bonds is 6. The Balaban J connectivity index is 1.74. The highest BCUT2D eigenvalue weighted by atomic mass is 16.4. The first-order valence-electron chi connectivity index (χ1n) is 14.1. The molecule has 0 bridgehead atoms. The fourth-order valence-electron chi connectivity index (χ4n) is 10.0. The van der Waals surface area contributed by atoms with Gasteiger partial charge in [-0.1, -0.05) is 53.2 Å². The van der Waals surface area contributed by atoms with Gasteiger partial charge < -0.3 is 20.4 Å². The largest absolute Gasteiger partial charge is 0.481 e. The Labute approximate surface area is 212 Å². The topological polar surface area (TPSA) is 98.0 Å². The van der Waals surface area contributed by atoms with E-state index in [1.807, 2.05) is 0 Å². The molecule has 200 valence electrons. The summed E-state index contributed by atoms with van der Waals surface area (Å²) >= 11 is 0. The van der Waals surface area contributed by atoms with Gasteiger partial charge in [0.25, 0.3) is 0 Å². The molecule has 3 fully saturated rings.